The molecule has 0 spiro atoms. The molecule has 2 nitrogen and oxygen atoms in total. The summed E-state index contributed by atoms with van der Waals surface area (Å²) in [5.41, 5.74) is 0. The predicted octanol–water partition coefficient (Wildman–Crippen LogP) is -0.0781. The van der Waals surface area contributed by atoms with Gasteiger partial charge in [-0.25, -0.2) is 0 Å². The van der Waals surface area contributed by atoms with E-state index in [1.165, 1.54) is 0 Å². The topological polar surface area (TPSA) is 18.5 Å². The molecule has 0 saturated heterocycles. The zero-order chi connectivity index (χ0) is 5.70. The summed E-state index contributed by atoms with van der Waals surface area (Å²) in [5.74, 6) is 0. The zero-order valence-electron chi connectivity index (χ0n) is 4.40. The van der Waals surface area contributed by atoms with Crippen LogP contribution >= 0.6 is 0 Å². The summed E-state index contributed by atoms with van der Waals surface area (Å²) in [5, 5.41) is 0.472. The van der Waals surface area contributed by atoms with Gasteiger partial charge < -0.3 is 0 Å². The van der Waals surface area contributed by atoms with E-state index in [4.69, 9.17) is 25.5 Å². The van der Waals surface area contributed by atoms with Crippen LogP contribution < -0.4 is 0 Å². The van der Waals surface area contributed by atoms with Crippen LogP contribution in [0.1, 0.15) is 0 Å². The van der Waals surface area contributed by atoms with Crippen molar-refractivity contribution in [2.75, 3.05) is 14.2 Å². The van der Waals surface area contributed by atoms with Crippen LogP contribution in [0.4, 0.5) is 0 Å². The molecule has 0 aromatic rings. The van der Waals surface area contributed by atoms with Crippen molar-refractivity contribution < 1.29 is 25.5 Å². The van der Waals surface area contributed by atoms with E-state index in [9.17, 15) is 0 Å². The van der Waals surface area contributed by atoms with Crippen LogP contribution in [-0.2, 0) is 25.5 Å². The number of rotatable bonds is 3. The molecule has 0 aromatic heterocycles. The molecular weight excluding hydrogens is 151 g/mol. The van der Waals surface area contributed by atoms with Gasteiger partial charge in [-0.3, -0.25) is 0 Å². The summed E-state index contributed by atoms with van der Waals surface area (Å²) >= 11 is 4.75. The molecule has 0 aliphatic heterocycles. The van der Waals surface area contributed by atoms with Gasteiger partial charge in [0.05, 0.1) is 0 Å². The molecule has 8 heavy (non-hydrogen) atoms. The van der Waals surface area contributed by atoms with Gasteiger partial charge in [-0.1, -0.05) is 0 Å². The molecule has 4 heteroatoms. The summed E-state index contributed by atoms with van der Waals surface area (Å²) in [4.78, 5) is 0. The number of methoxy groups -OCH3 is 2. The van der Waals surface area contributed by atoms with Crippen molar-refractivity contribution in [3.05, 3.63) is 0 Å². The molecule has 0 atom stereocenters. The van der Waals surface area contributed by atoms with E-state index in [2.05, 4.69) is 0 Å². The fraction of sp³-hybridized carbons (Fsp3) is 1.00. The molecule has 0 radical (unpaired) electrons. The van der Waals surface area contributed by atoms with E-state index in [0.29, 0.717) is 5.32 Å². The van der Waals surface area contributed by atoms with E-state index in [1.54, 1.807) is 14.2 Å². The minimum absolute atomic E-state index is 0. The molecule has 0 unspecified atom stereocenters. The Hall–Kier alpha value is 1.04. The van der Waals surface area contributed by atoms with Crippen molar-refractivity contribution in [2.45, 2.75) is 11.6 Å². The molecule has 0 rings (SSSR count). The third-order valence-corrected chi connectivity index (χ3v) is 0.940. The van der Waals surface area contributed by atoms with Gasteiger partial charge in [0, 0.05) is 0 Å². The average molecular weight is 161 g/mol. The van der Waals surface area contributed by atoms with Crippen molar-refractivity contribution >= 4 is 18.9 Å². The fourth-order valence-electron chi connectivity index (χ4n) is 0.197. The van der Waals surface area contributed by atoms with Gasteiger partial charge in [0.2, 0.25) is 0 Å². The molecular formula is C4H10CuLiO2. The molecule has 0 aliphatic rings. The minimum atomic E-state index is -0.208. The van der Waals surface area contributed by atoms with Crippen LogP contribution in [0.15, 0.2) is 0 Å². The van der Waals surface area contributed by atoms with Gasteiger partial charge in [-0.15, -0.1) is 0 Å². The molecule has 0 heterocycles. The van der Waals surface area contributed by atoms with Gasteiger partial charge >= 0.3 is 70.2 Å². The van der Waals surface area contributed by atoms with Crippen molar-refractivity contribution in [3.63, 3.8) is 0 Å². The van der Waals surface area contributed by atoms with Crippen LogP contribution in [0.25, 0.3) is 0 Å². The second kappa shape index (κ2) is 8.04. The Morgan fingerprint density at radius 3 is 1.75 bits per heavy atom. The van der Waals surface area contributed by atoms with E-state index < -0.39 is 0 Å². The normalized spacial score (nSPS) is 9.12. The standard InChI is InChI=1S/C4H9O2.Cu.Li.H/c1-4(5-2)6-3;;;/h4H,1H2,2-3H3;;;. The SMILES string of the molecule is COC([CH2][Cu])OC.[LiH]. The molecule has 0 saturated carbocycles. The van der Waals surface area contributed by atoms with E-state index in [0.717, 1.165) is 0 Å². The van der Waals surface area contributed by atoms with Gasteiger partial charge in [0.25, 0.3) is 0 Å². The summed E-state index contributed by atoms with van der Waals surface area (Å²) < 4.78 is 9.43. The molecule has 0 fully saturated rings. The molecule has 0 aromatic carbocycles. The zero-order valence-corrected chi connectivity index (χ0v) is 5.34. The third kappa shape index (κ3) is 5.18. The maximum atomic E-state index is 4.75. The average Bonchev–Trinajstić information content (AvgIpc) is 1.72. The van der Waals surface area contributed by atoms with E-state index in [1.807, 2.05) is 0 Å². The van der Waals surface area contributed by atoms with Gasteiger partial charge in [-0.2, -0.15) is 0 Å². The quantitative estimate of drug-likeness (QED) is 0.425. The third-order valence-electron chi connectivity index (χ3n) is 0.626. The Labute approximate surface area is 70.3 Å². The van der Waals surface area contributed by atoms with Gasteiger partial charge in [0.15, 0.2) is 0 Å². The fourth-order valence-corrected chi connectivity index (χ4v) is 0.511. The van der Waals surface area contributed by atoms with Crippen molar-refractivity contribution in [3.8, 4) is 0 Å². The monoisotopic (exact) mass is 160 g/mol. The molecule has 0 bridgehead atoms. The van der Waals surface area contributed by atoms with Gasteiger partial charge in [0.1, 0.15) is 0 Å². The van der Waals surface area contributed by atoms with Crippen LogP contribution in [0.5, 0.6) is 0 Å². The Morgan fingerprint density at radius 1 is 1.38 bits per heavy atom. The summed E-state index contributed by atoms with van der Waals surface area (Å²) in [6.45, 7) is 0. The second-order valence-electron chi connectivity index (χ2n) is 1.02. The Bertz CT molecular complexity index is 35.5. The first-order valence-corrected chi connectivity index (χ1v) is 2.58. The first kappa shape index (κ1) is 11.8. The number of ether oxygens (including phenoxy) is 2. The summed E-state index contributed by atoms with van der Waals surface area (Å²) in [6.07, 6.45) is -0.208. The Balaban J connectivity index is 0. The van der Waals surface area contributed by atoms with Crippen molar-refractivity contribution in [2.24, 2.45) is 0 Å². The van der Waals surface area contributed by atoms with Gasteiger partial charge in [-0.05, 0) is 0 Å². The van der Waals surface area contributed by atoms with Crippen molar-refractivity contribution in [1.82, 2.24) is 0 Å². The first-order valence-electron chi connectivity index (χ1n) is 1.91. The summed E-state index contributed by atoms with van der Waals surface area (Å²) in [6, 6.07) is 0. The Kier molecular flexibility index (Phi) is 11.8. The molecule has 0 N–H and O–H groups in total. The van der Waals surface area contributed by atoms with E-state index >= 15 is 0 Å². The van der Waals surface area contributed by atoms with Crippen molar-refractivity contribution in [1.29, 1.82) is 0 Å². The second-order valence-corrected chi connectivity index (χ2v) is 1.41. The van der Waals surface area contributed by atoms with E-state index in [-0.39, 0.29) is 25.2 Å². The molecule has 0 amide bonds. The molecule has 0 aliphatic carbocycles. The summed E-state index contributed by atoms with van der Waals surface area (Å²) in [7, 11) is 3.13. The maximum absolute atomic E-state index is 4.75. The number of hydrogen-bond donors (Lipinski definition) is 0. The van der Waals surface area contributed by atoms with Crippen LogP contribution in [0.2, 0.25) is 5.32 Å². The Morgan fingerprint density at radius 2 is 1.75 bits per heavy atom. The van der Waals surface area contributed by atoms with Crippen LogP contribution in [0, 0.1) is 0 Å². The van der Waals surface area contributed by atoms with Crippen LogP contribution in [0.3, 0.4) is 0 Å². The predicted molar refractivity (Wildman–Crippen MR) is 29.8 cm³/mol. The first-order chi connectivity index (χ1) is 3.35. The van der Waals surface area contributed by atoms with Crippen LogP contribution in [-0.4, -0.2) is 39.4 Å². The number of hydrogen-bond acceptors (Lipinski definition) is 2. The molecule has 50 valence electrons.